The third kappa shape index (κ3) is 3.52. The number of aromatic nitrogens is 2. The maximum Gasteiger partial charge on any atom is 0.433 e. The quantitative estimate of drug-likeness (QED) is 0.887. The van der Waals surface area contributed by atoms with Gasteiger partial charge in [0.15, 0.2) is 5.69 Å². The molecule has 0 radical (unpaired) electrons. The standard InChI is InChI=1S/C12H7ClF3N5/c13-7-3-6(5-17)1-2-8(7)19-10-4-9(12(14,15)16)20-11(18)21-10/h1-4H,(H3,18,19,20,21). The van der Waals surface area contributed by atoms with Gasteiger partial charge in [0.1, 0.15) is 5.82 Å². The van der Waals surface area contributed by atoms with Gasteiger partial charge in [0, 0.05) is 6.07 Å². The van der Waals surface area contributed by atoms with Crippen molar-refractivity contribution in [2.45, 2.75) is 6.18 Å². The fourth-order valence-electron chi connectivity index (χ4n) is 1.50. The van der Waals surface area contributed by atoms with Gasteiger partial charge in [-0.05, 0) is 18.2 Å². The molecule has 3 N–H and O–H groups in total. The van der Waals surface area contributed by atoms with Crippen molar-refractivity contribution < 1.29 is 13.2 Å². The summed E-state index contributed by atoms with van der Waals surface area (Å²) in [6.45, 7) is 0. The summed E-state index contributed by atoms with van der Waals surface area (Å²) in [5.41, 5.74) is 4.71. The zero-order chi connectivity index (χ0) is 15.6. The highest BCUT2D eigenvalue weighted by molar-refractivity contribution is 6.33. The van der Waals surface area contributed by atoms with E-state index in [1.165, 1.54) is 18.2 Å². The van der Waals surface area contributed by atoms with Crippen molar-refractivity contribution >= 4 is 29.1 Å². The highest BCUT2D eigenvalue weighted by Crippen LogP contribution is 2.31. The summed E-state index contributed by atoms with van der Waals surface area (Å²) in [7, 11) is 0. The van der Waals surface area contributed by atoms with Crippen molar-refractivity contribution in [1.29, 1.82) is 5.26 Å². The van der Waals surface area contributed by atoms with Gasteiger partial charge in [-0.25, -0.2) is 4.98 Å². The number of rotatable bonds is 2. The number of anilines is 3. The Labute approximate surface area is 122 Å². The van der Waals surface area contributed by atoms with Crippen LogP contribution in [0.5, 0.6) is 0 Å². The Hall–Kier alpha value is -2.53. The molecule has 0 fully saturated rings. The molecule has 0 bridgehead atoms. The summed E-state index contributed by atoms with van der Waals surface area (Å²) in [4.78, 5) is 6.78. The lowest BCUT2D eigenvalue weighted by Gasteiger charge is -2.11. The average Bonchev–Trinajstić information content (AvgIpc) is 2.39. The van der Waals surface area contributed by atoms with E-state index in [0.29, 0.717) is 17.3 Å². The highest BCUT2D eigenvalue weighted by Gasteiger charge is 2.33. The van der Waals surface area contributed by atoms with Gasteiger partial charge in [0.25, 0.3) is 0 Å². The summed E-state index contributed by atoms with van der Waals surface area (Å²) in [5.74, 6) is -0.668. The molecule has 0 amide bonds. The molecule has 1 heterocycles. The third-order valence-corrected chi connectivity index (χ3v) is 2.71. The van der Waals surface area contributed by atoms with Crippen LogP contribution in [0.3, 0.4) is 0 Å². The SMILES string of the molecule is N#Cc1ccc(Nc2cc(C(F)(F)F)nc(N)n2)c(Cl)c1. The second kappa shape index (κ2) is 5.46. The lowest BCUT2D eigenvalue weighted by atomic mass is 10.2. The summed E-state index contributed by atoms with van der Waals surface area (Å²) < 4.78 is 37.9. The minimum atomic E-state index is -4.64. The largest absolute Gasteiger partial charge is 0.433 e. The van der Waals surface area contributed by atoms with E-state index in [2.05, 4.69) is 15.3 Å². The van der Waals surface area contributed by atoms with Crippen LogP contribution >= 0.6 is 11.6 Å². The second-order valence-corrected chi connectivity index (χ2v) is 4.33. The molecule has 1 aromatic carbocycles. The lowest BCUT2D eigenvalue weighted by Crippen LogP contribution is -2.12. The molecule has 2 aromatic rings. The van der Waals surface area contributed by atoms with Gasteiger partial charge in [-0.3, -0.25) is 0 Å². The Morgan fingerprint density at radius 1 is 1.24 bits per heavy atom. The van der Waals surface area contributed by atoms with E-state index in [-0.39, 0.29) is 10.8 Å². The Kier molecular flexibility index (Phi) is 3.86. The Morgan fingerprint density at radius 2 is 1.95 bits per heavy atom. The average molecular weight is 314 g/mol. The lowest BCUT2D eigenvalue weighted by molar-refractivity contribution is -0.141. The number of nitriles is 1. The van der Waals surface area contributed by atoms with Gasteiger partial charge in [-0.1, -0.05) is 11.6 Å². The normalized spacial score (nSPS) is 11.0. The van der Waals surface area contributed by atoms with Gasteiger partial charge < -0.3 is 11.1 Å². The van der Waals surface area contributed by atoms with Crippen LogP contribution in [0.4, 0.5) is 30.6 Å². The van der Waals surface area contributed by atoms with Gasteiger partial charge in [-0.15, -0.1) is 0 Å². The minimum absolute atomic E-state index is 0.151. The molecule has 0 aliphatic rings. The molecule has 21 heavy (non-hydrogen) atoms. The summed E-state index contributed by atoms with van der Waals surface area (Å²) in [6, 6.07) is 6.89. The predicted octanol–water partition coefficient (Wildman–Crippen LogP) is 3.35. The topological polar surface area (TPSA) is 87.6 Å². The van der Waals surface area contributed by atoms with Crippen molar-refractivity contribution in [1.82, 2.24) is 9.97 Å². The van der Waals surface area contributed by atoms with E-state index < -0.39 is 17.8 Å². The number of nitrogens with zero attached hydrogens (tertiary/aromatic N) is 3. The monoisotopic (exact) mass is 313 g/mol. The van der Waals surface area contributed by atoms with Crippen molar-refractivity contribution in [3.05, 3.63) is 40.5 Å². The first-order valence-corrected chi connectivity index (χ1v) is 5.86. The molecule has 0 spiro atoms. The molecule has 0 aliphatic heterocycles. The van der Waals surface area contributed by atoms with Crippen molar-refractivity contribution in [3.63, 3.8) is 0 Å². The van der Waals surface area contributed by atoms with Crippen LogP contribution in [0.2, 0.25) is 5.02 Å². The molecule has 0 atom stereocenters. The summed E-state index contributed by atoms with van der Waals surface area (Å²) >= 11 is 5.92. The summed E-state index contributed by atoms with van der Waals surface area (Å²) in [6.07, 6.45) is -4.64. The van der Waals surface area contributed by atoms with Crippen LogP contribution in [0.25, 0.3) is 0 Å². The molecule has 0 saturated carbocycles. The van der Waals surface area contributed by atoms with Crippen LogP contribution in [-0.4, -0.2) is 9.97 Å². The first-order valence-electron chi connectivity index (χ1n) is 5.48. The van der Waals surface area contributed by atoms with E-state index >= 15 is 0 Å². The number of hydrogen-bond acceptors (Lipinski definition) is 5. The highest BCUT2D eigenvalue weighted by atomic mass is 35.5. The van der Waals surface area contributed by atoms with Gasteiger partial charge in [0.05, 0.1) is 22.3 Å². The molecule has 0 saturated heterocycles. The zero-order valence-electron chi connectivity index (χ0n) is 10.2. The Morgan fingerprint density at radius 3 is 2.52 bits per heavy atom. The molecule has 5 nitrogen and oxygen atoms in total. The van der Waals surface area contributed by atoms with E-state index in [4.69, 9.17) is 22.6 Å². The minimum Gasteiger partial charge on any atom is -0.368 e. The fraction of sp³-hybridized carbons (Fsp3) is 0.0833. The van der Waals surface area contributed by atoms with E-state index in [1.54, 1.807) is 0 Å². The smallest absolute Gasteiger partial charge is 0.368 e. The molecule has 0 unspecified atom stereocenters. The first-order chi connectivity index (χ1) is 9.79. The Bertz CT molecular complexity index is 724. The number of alkyl halides is 3. The number of nitrogen functional groups attached to an aromatic ring is 1. The van der Waals surface area contributed by atoms with Crippen LogP contribution < -0.4 is 11.1 Å². The van der Waals surface area contributed by atoms with Gasteiger partial charge in [0.2, 0.25) is 5.95 Å². The van der Waals surface area contributed by atoms with Gasteiger partial charge >= 0.3 is 6.18 Å². The number of nitrogens with one attached hydrogen (secondary N) is 1. The molecule has 108 valence electrons. The predicted molar refractivity (Wildman–Crippen MR) is 70.9 cm³/mol. The maximum atomic E-state index is 12.6. The van der Waals surface area contributed by atoms with Crippen molar-refractivity contribution in [2.75, 3.05) is 11.1 Å². The van der Waals surface area contributed by atoms with Crippen LogP contribution in [0.15, 0.2) is 24.3 Å². The number of hydrogen-bond donors (Lipinski definition) is 2. The van der Waals surface area contributed by atoms with Crippen molar-refractivity contribution in [3.8, 4) is 6.07 Å². The molecular weight excluding hydrogens is 307 g/mol. The number of nitrogens with two attached hydrogens (primary N) is 1. The molecule has 1 aromatic heterocycles. The molecule has 2 rings (SSSR count). The molecule has 0 aliphatic carbocycles. The molecule has 9 heteroatoms. The van der Waals surface area contributed by atoms with Crippen LogP contribution in [0, 0.1) is 11.3 Å². The van der Waals surface area contributed by atoms with Crippen LogP contribution in [0.1, 0.15) is 11.3 Å². The van der Waals surface area contributed by atoms with E-state index in [9.17, 15) is 13.2 Å². The van der Waals surface area contributed by atoms with E-state index in [0.717, 1.165) is 0 Å². The molecular formula is C12H7ClF3N5. The second-order valence-electron chi connectivity index (χ2n) is 3.93. The Balaban J connectivity index is 2.36. The fourth-order valence-corrected chi connectivity index (χ4v) is 1.73. The number of halogens is 4. The zero-order valence-corrected chi connectivity index (χ0v) is 11.0. The third-order valence-electron chi connectivity index (χ3n) is 2.39. The van der Waals surface area contributed by atoms with Crippen molar-refractivity contribution in [2.24, 2.45) is 0 Å². The first kappa shape index (κ1) is 14.9. The van der Waals surface area contributed by atoms with Crippen LogP contribution in [-0.2, 0) is 6.18 Å². The maximum absolute atomic E-state index is 12.6. The summed E-state index contributed by atoms with van der Waals surface area (Å²) in [5, 5.41) is 11.5. The van der Waals surface area contributed by atoms with E-state index in [1.807, 2.05) is 6.07 Å². The van der Waals surface area contributed by atoms with Gasteiger partial charge in [-0.2, -0.15) is 23.4 Å². The number of benzene rings is 1.